The van der Waals surface area contributed by atoms with Gasteiger partial charge < -0.3 is 10.6 Å². The molecule has 36 heavy (non-hydrogen) atoms. The van der Waals surface area contributed by atoms with E-state index in [2.05, 4.69) is 122 Å². The van der Waals surface area contributed by atoms with Crippen LogP contribution in [0.1, 0.15) is 79.9 Å². The van der Waals surface area contributed by atoms with E-state index in [1.807, 2.05) is 0 Å². The van der Waals surface area contributed by atoms with Gasteiger partial charge in [-0.25, -0.2) is 0 Å². The van der Waals surface area contributed by atoms with E-state index in [9.17, 15) is 0 Å². The third-order valence-corrected chi connectivity index (χ3v) is 7.86. The maximum atomic E-state index is 4.46. The first-order valence-electron chi connectivity index (χ1n) is 13.1. The molecule has 3 aromatic rings. The number of hydrogen-bond donors (Lipinski definition) is 3. The molecule has 0 spiro atoms. The molecule has 3 nitrogen and oxygen atoms in total. The van der Waals surface area contributed by atoms with Gasteiger partial charge in [-0.05, 0) is 92.8 Å². The first-order chi connectivity index (χ1) is 17.3. The van der Waals surface area contributed by atoms with E-state index >= 15 is 0 Å². The van der Waals surface area contributed by atoms with Crippen molar-refractivity contribution in [3.8, 4) is 0 Å². The Balaban J connectivity index is 1.42. The van der Waals surface area contributed by atoms with E-state index in [1.54, 1.807) is 11.9 Å². The molecule has 3 N–H and O–H groups in total. The average molecular weight is 500 g/mol. The summed E-state index contributed by atoms with van der Waals surface area (Å²) in [4.78, 5) is 1.26. The van der Waals surface area contributed by atoms with Gasteiger partial charge in [0.25, 0.3) is 0 Å². The van der Waals surface area contributed by atoms with Crippen LogP contribution in [-0.4, -0.2) is 5.54 Å². The van der Waals surface area contributed by atoms with Crippen LogP contribution < -0.4 is 15.4 Å². The van der Waals surface area contributed by atoms with Crippen LogP contribution in [0.15, 0.2) is 90.0 Å². The highest BCUT2D eigenvalue weighted by atomic mass is 32.2. The van der Waals surface area contributed by atoms with Gasteiger partial charge in [-0.2, -0.15) is 0 Å². The molecule has 0 saturated heterocycles. The lowest BCUT2D eigenvalue weighted by Gasteiger charge is -2.30. The summed E-state index contributed by atoms with van der Waals surface area (Å²) in [5.74, 6) is 0. The second-order valence-corrected chi connectivity index (χ2v) is 11.9. The Hall–Kier alpha value is -2.53. The zero-order chi connectivity index (χ0) is 25.5. The largest absolute Gasteiger partial charge is 0.382 e. The van der Waals surface area contributed by atoms with Gasteiger partial charge in [0.15, 0.2) is 0 Å². The topological polar surface area (TPSA) is 36.1 Å². The highest BCUT2D eigenvalue weighted by Gasteiger charge is 2.22. The van der Waals surface area contributed by atoms with Gasteiger partial charge in [-0.15, -0.1) is 0 Å². The highest BCUT2D eigenvalue weighted by Crippen LogP contribution is 2.33. The molecule has 3 aromatic carbocycles. The van der Waals surface area contributed by atoms with Crippen molar-refractivity contribution in [1.82, 2.24) is 15.4 Å². The maximum Gasteiger partial charge on any atom is 0.0513 e. The maximum absolute atomic E-state index is 4.46. The number of aryl methyl sites for hydroxylation is 2. The Labute approximate surface area is 222 Å². The van der Waals surface area contributed by atoms with Crippen LogP contribution in [0.25, 0.3) is 0 Å². The molecule has 0 aromatic heterocycles. The summed E-state index contributed by atoms with van der Waals surface area (Å²) >= 11 is 1.71. The van der Waals surface area contributed by atoms with Crippen LogP contribution in [0.3, 0.4) is 0 Å². The summed E-state index contributed by atoms with van der Waals surface area (Å²) in [6, 6.07) is 26.7. The molecule has 0 fully saturated rings. The van der Waals surface area contributed by atoms with E-state index in [1.165, 1.54) is 39.1 Å². The monoisotopic (exact) mass is 499 g/mol. The summed E-state index contributed by atoms with van der Waals surface area (Å²) in [5, 5.41) is 7.42. The molecule has 190 valence electrons. The van der Waals surface area contributed by atoms with Crippen molar-refractivity contribution in [3.05, 3.63) is 113 Å². The van der Waals surface area contributed by atoms with Crippen LogP contribution >= 0.6 is 11.9 Å². The Morgan fingerprint density at radius 2 is 1.78 bits per heavy atom. The molecule has 2 atom stereocenters. The number of fused-ring (bicyclic) bond motifs is 1. The third-order valence-electron chi connectivity index (χ3n) is 6.78. The molecule has 0 radical (unpaired) electrons. The van der Waals surface area contributed by atoms with Gasteiger partial charge >= 0.3 is 0 Å². The standard InChI is InChI=1S/C32H41N3S/c1-23-12-9-10-17-31(23)36-35-30(26-13-7-6-8-14-26)20-24(2)34-29-16-11-15-27-21-25(18-19-28(27)29)22-33-32(3,4)5/h6-10,12-14,17-19,21,29-30,33-35H,2,11,15-16,20,22H2,1,3-5H3. The molecular weight excluding hydrogens is 458 g/mol. The molecule has 0 aliphatic heterocycles. The molecular formula is C32H41N3S. The highest BCUT2D eigenvalue weighted by molar-refractivity contribution is 7.97. The SMILES string of the molecule is C=C(CC(NSc1ccccc1C)c1ccccc1)NC1CCCc2cc(CNC(C)(C)C)ccc21. The van der Waals surface area contributed by atoms with Gasteiger partial charge in [-0.3, -0.25) is 4.72 Å². The van der Waals surface area contributed by atoms with Crippen molar-refractivity contribution in [2.24, 2.45) is 0 Å². The quantitative estimate of drug-likeness (QED) is 0.249. The Morgan fingerprint density at radius 3 is 2.53 bits per heavy atom. The molecule has 0 bridgehead atoms. The molecule has 0 heterocycles. The minimum atomic E-state index is 0.124. The van der Waals surface area contributed by atoms with Crippen molar-refractivity contribution in [3.63, 3.8) is 0 Å². The minimum Gasteiger partial charge on any atom is -0.382 e. The zero-order valence-electron chi connectivity index (χ0n) is 22.2. The third kappa shape index (κ3) is 7.49. The number of rotatable bonds is 10. The fourth-order valence-corrected chi connectivity index (χ4v) is 5.63. The van der Waals surface area contributed by atoms with Crippen molar-refractivity contribution in [2.75, 3.05) is 0 Å². The van der Waals surface area contributed by atoms with Gasteiger partial charge in [0.1, 0.15) is 0 Å². The smallest absolute Gasteiger partial charge is 0.0513 e. The molecule has 2 unspecified atom stereocenters. The summed E-state index contributed by atoms with van der Waals surface area (Å²) < 4.78 is 3.72. The lowest BCUT2D eigenvalue weighted by Crippen LogP contribution is -2.35. The number of nitrogens with one attached hydrogen (secondary N) is 3. The van der Waals surface area contributed by atoms with Crippen LogP contribution in [0.2, 0.25) is 0 Å². The Kier molecular flexibility index (Phi) is 8.95. The van der Waals surface area contributed by atoms with Gasteiger partial charge in [0, 0.05) is 35.1 Å². The van der Waals surface area contributed by atoms with Crippen molar-refractivity contribution < 1.29 is 0 Å². The lowest BCUT2D eigenvalue weighted by molar-refractivity contribution is 0.423. The van der Waals surface area contributed by atoms with Crippen LogP contribution in [-0.2, 0) is 13.0 Å². The summed E-state index contributed by atoms with van der Waals surface area (Å²) in [6.07, 6.45) is 4.34. The molecule has 0 saturated carbocycles. The van der Waals surface area contributed by atoms with Crippen molar-refractivity contribution >= 4 is 11.9 Å². The Morgan fingerprint density at radius 1 is 1.03 bits per heavy atom. The number of hydrogen-bond acceptors (Lipinski definition) is 4. The zero-order valence-corrected chi connectivity index (χ0v) is 23.1. The van der Waals surface area contributed by atoms with Crippen LogP contribution in [0, 0.1) is 6.92 Å². The second-order valence-electron chi connectivity index (χ2n) is 11.0. The predicted molar refractivity (Wildman–Crippen MR) is 155 cm³/mol. The fourth-order valence-electron chi connectivity index (χ4n) is 4.76. The first kappa shape index (κ1) is 26.5. The Bertz CT molecular complexity index is 1150. The van der Waals surface area contributed by atoms with E-state index in [0.717, 1.165) is 31.5 Å². The predicted octanol–water partition coefficient (Wildman–Crippen LogP) is 7.79. The van der Waals surface area contributed by atoms with E-state index in [0.29, 0.717) is 6.04 Å². The summed E-state index contributed by atoms with van der Waals surface area (Å²) in [5.41, 5.74) is 8.05. The summed E-state index contributed by atoms with van der Waals surface area (Å²) in [6.45, 7) is 14.2. The van der Waals surface area contributed by atoms with E-state index in [-0.39, 0.29) is 11.6 Å². The molecule has 1 aliphatic carbocycles. The fraction of sp³-hybridized carbons (Fsp3) is 0.375. The second kappa shape index (κ2) is 12.1. The average Bonchev–Trinajstić information content (AvgIpc) is 2.86. The van der Waals surface area contributed by atoms with E-state index in [4.69, 9.17) is 0 Å². The normalized spacial score (nSPS) is 16.3. The first-order valence-corrected chi connectivity index (χ1v) is 13.9. The van der Waals surface area contributed by atoms with Crippen LogP contribution in [0.5, 0.6) is 0 Å². The lowest BCUT2D eigenvalue weighted by atomic mass is 9.86. The van der Waals surface area contributed by atoms with E-state index < -0.39 is 0 Å². The van der Waals surface area contributed by atoms with Crippen LogP contribution in [0.4, 0.5) is 0 Å². The van der Waals surface area contributed by atoms with Crippen molar-refractivity contribution in [2.45, 2.75) is 82.4 Å². The summed E-state index contributed by atoms with van der Waals surface area (Å²) in [7, 11) is 0. The van der Waals surface area contributed by atoms with Gasteiger partial charge in [0.2, 0.25) is 0 Å². The molecule has 4 heteroatoms. The minimum absolute atomic E-state index is 0.124. The van der Waals surface area contributed by atoms with Gasteiger partial charge in [0.05, 0.1) is 6.04 Å². The van der Waals surface area contributed by atoms with Crippen molar-refractivity contribution in [1.29, 1.82) is 0 Å². The number of benzene rings is 3. The molecule has 4 rings (SSSR count). The van der Waals surface area contributed by atoms with Gasteiger partial charge in [-0.1, -0.05) is 73.3 Å². The molecule has 0 amide bonds. The molecule has 1 aliphatic rings.